The maximum absolute atomic E-state index is 9.14. The lowest BCUT2D eigenvalue weighted by Crippen LogP contribution is -2.10. The zero-order valence-corrected chi connectivity index (χ0v) is 11.7. The normalized spacial score (nSPS) is 12.2. The molecule has 2 heterocycles. The van der Waals surface area contributed by atoms with Gasteiger partial charge in [0, 0.05) is 18.1 Å². The Morgan fingerprint density at radius 1 is 1.50 bits per heavy atom. The van der Waals surface area contributed by atoms with Crippen molar-refractivity contribution in [1.29, 1.82) is 5.26 Å². The fourth-order valence-electron chi connectivity index (χ4n) is 1.80. The molecular weight excluding hydrogens is 246 g/mol. The van der Waals surface area contributed by atoms with Crippen molar-refractivity contribution in [1.82, 2.24) is 14.8 Å². The van der Waals surface area contributed by atoms with Crippen molar-refractivity contribution >= 4 is 17.2 Å². The highest BCUT2D eigenvalue weighted by Gasteiger charge is 2.17. The van der Waals surface area contributed by atoms with Crippen molar-refractivity contribution in [3.8, 4) is 6.07 Å². The van der Waals surface area contributed by atoms with Gasteiger partial charge in [-0.3, -0.25) is 4.68 Å². The Hall–Kier alpha value is -1.87. The molecule has 0 bridgehead atoms. The number of nitrogens with zero attached hydrogens (tertiary/aromatic N) is 4. The maximum atomic E-state index is 9.14. The van der Waals surface area contributed by atoms with Crippen LogP contribution in [0.15, 0.2) is 5.38 Å². The topological polar surface area (TPSA) is 66.5 Å². The van der Waals surface area contributed by atoms with E-state index in [1.54, 1.807) is 16.0 Å². The van der Waals surface area contributed by atoms with Crippen molar-refractivity contribution < 1.29 is 0 Å². The van der Waals surface area contributed by atoms with Crippen molar-refractivity contribution in [2.24, 2.45) is 7.05 Å². The first-order valence-electron chi connectivity index (χ1n) is 5.65. The Balaban J connectivity index is 2.27. The molecule has 0 aliphatic carbocycles. The lowest BCUT2D eigenvalue weighted by Gasteiger charge is -2.13. The number of thiazole rings is 1. The third-order valence-corrected chi connectivity index (χ3v) is 3.84. The predicted octanol–water partition coefficient (Wildman–Crippen LogP) is 2.54. The molecule has 0 amide bonds. The third-order valence-electron chi connectivity index (χ3n) is 2.69. The average molecular weight is 261 g/mol. The van der Waals surface area contributed by atoms with Gasteiger partial charge in [0.25, 0.3) is 0 Å². The van der Waals surface area contributed by atoms with Gasteiger partial charge in [-0.05, 0) is 20.8 Å². The van der Waals surface area contributed by atoms with Crippen LogP contribution in [0.5, 0.6) is 0 Å². The summed E-state index contributed by atoms with van der Waals surface area (Å²) in [6.45, 7) is 5.84. The van der Waals surface area contributed by atoms with Gasteiger partial charge < -0.3 is 5.32 Å². The van der Waals surface area contributed by atoms with Gasteiger partial charge in [0.05, 0.1) is 11.7 Å². The van der Waals surface area contributed by atoms with Gasteiger partial charge in [-0.25, -0.2) is 4.98 Å². The predicted molar refractivity (Wildman–Crippen MR) is 71.5 cm³/mol. The molecule has 0 spiro atoms. The Labute approximate surface area is 110 Å². The molecule has 2 aromatic heterocycles. The molecule has 6 heteroatoms. The number of aryl methyl sites for hydroxylation is 3. The van der Waals surface area contributed by atoms with Crippen LogP contribution in [0.2, 0.25) is 0 Å². The molecule has 0 saturated heterocycles. The zero-order chi connectivity index (χ0) is 13.3. The van der Waals surface area contributed by atoms with Crippen LogP contribution in [0.1, 0.15) is 34.9 Å². The first kappa shape index (κ1) is 12.6. The van der Waals surface area contributed by atoms with Gasteiger partial charge in [-0.1, -0.05) is 0 Å². The molecular formula is C12H15N5S. The van der Waals surface area contributed by atoms with Crippen molar-refractivity contribution in [2.75, 3.05) is 5.32 Å². The van der Waals surface area contributed by atoms with Crippen LogP contribution in [0.25, 0.3) is 0 Å². The van der Waals surface area contributed by atoms with Gasteiger partial charge in [0.1, 0.15) is 22.5 Å². The van der Waals surface area contributed by atoms with E-state index in [0.29, 0.717) is 5.56 Å². The highest BCUT2D eigenvalue weighted by molar-refractivity contribution is 7.09. The number of hydrogen-bond donors (Lipinski definition) is 1. The van der Waals surface area contributed by atoms with E-state index < -0.39 is 0 Å². The molecule has 94 valence electrons. The molecule has 2 rings (SSSR count). The Kier molecular flexibility index (Phi) is 3.34. The summed E-state index contributed by atoms with van der Waals surface area (Å²) >= 11 is 1.62. The summed E-state index contributed by atoms with van der Waals surface area (Å²) < 4.78 is 1.70. The second kappa shape index (κ2) is 4.78. The molecule has 0 aliphatic heterocycles. The number of aromatic nitrogens is 3. The number of nitriles is 1. The van der Waals surface area contributed by atoms with Gasteiger partial charge in [0.15, 0.2) is 0 Å². The molecule has 0 saturated carbocycles. The smallest absolute Gasteiger partial charge is 0.142 e. The van der Waals surface area contributed by atoms with Crippen molar-refractivity contribution in [3.63, 3.8) is 0 Å². The third kappa shape index (κ3) is 2.22. The van der Waals surface area contributed by atoms with E-state index in [4.69, 9.17) is 5.26 Å². The lowest BCUT2D eigenvalue weighted by molar-refractivity contribution is 0.740. The van der Waals surface area contributed by atoms with E-state index in [9.17, 15) is 0 Å². The quantitative estimate of drug-likeness (QED) is 0.922. The van der Waals surface area contributed by atoms with Crippen LogP contribution in [-0.2, 0) is 7.05 Å². The monoisotopic (exact) mass is 261 g/mol. The van der Waals surface area contributed by atoms with Crippen LogP contribution in [0.4, 0.5) is 5.82 Å². The largest absolute Gasteiger partial charge is 0.360 e. The highest BCUT2D eigenvalue weighted by atomic mass is 32.1. The minimum Gasteiger partial charge on any atom is -0.360 e. The van der Waals surface area contributed by atoms with Gasteiger partial charge in [-0.2, -0.15) is 10.4 Å². The van der Waals surface area contributed by atoms with Crippen molar-refractivity contribution in [3.05, 3.63) is 27.3 Å². The summed E-state index contributed by atoms with van der Waals surface area (Å²) in [5.74, 6) is 0.746. The minimum absolute atomic E-state index is 0.0607. The molecule has 1 unspecified atom stereocenters. The molecule has 1 atom stereocenters. The summed E-state index contributed by atoms with van der Waals surface area (Å²) in [6.07, 6.45) is 0. The second-order valence-electron chi connectivity index (χ2n) is 4.24. The first-order chi connectivity index (χ1) is 8.52. The van der Waals surface area contributed by atoms with E-state index in [-0.39, 0.29) is 6.04 Å². The second-order valence-corrected chi connectivity index (χ2v) is 5.13. The maximum Gasteiger partial charge on any atom is 0.142 e. The lowest BCUT2D eigenvalue weighted by atomic mass is 10.2. The minimum atomic E-state index is 0.0607. The first-order valence-corrected chi connectivity index (χ1v) is 6.53. The standard InChI is InChI=1S/C12H15N5S/c1-7-6-18-12(14-7)9(3)15-11-10(5-13)8(2)16-17(11)4/h6,9,15H,1-4H3. The molecule has 5 nitrogen and oxygen atoms in total. The molecule has 0 radical (unpaired) electrons. The number of nitrogens with one attached hydrogen (secondary N) is 1. The van der Waals surface area contributed by atoms with E-state index in [0.717, 1.165) is 22.2 Å². The van der Waals surface area contributed by atoms with Crippen LogP contribution < -0.4 is 5.32 Å². The number of rotatable bonds is 3. The molecule has 0 aromatic carbocycles. The Morgan fingerprint density at radius 3 is 2.78 bits per heavy atom. The summed E-state index contributed by atoms with van der Waals surface area (Å²) in [6, 6.07) is 2.24. The summed E-state index contributed by atoms with van der Waals surface area (Å²) in [5.41, 5.74) is 2.35. The molecule has 0 fully saturated rings. The van der Waals surface area contributed by atoms with Crippen LogP contribution in [0, 0.1) is 25.2 Å². The number of hydrogen-bond acceptors (Lipinski definition) is 5. The van der Waals surface area contributed by atoms with Crippen molar-refractivity contribution in [2.45, 2.75) is 26.8 Å². The van der Waals surface area contributed by atoms with E-state index >= 15 is 0 Å². The van der Waals surface area contributed by atoms with Gasteiger partial charge >= 0.3 is 0 Å². The SMILES string of the molecule is Cc1csc(C(C)Nc2c(C#N)c(C)nn2C)n1. The molecule has 18 heavy (non-hydrogen) atoms. The fraction of sp³-hybridized carbons (Fsp3) is 0.417. The highest BCUT2D eigenvalue weighted by Crippen LogP contribution is 2.25. The zero-order valence-electron chi connectivity index (χ0n) is 10.9. The Bertz CT molecular complexity index is 605. The molecule has 2 aromatic rings. The molecule has 1 N–H and O–H groups in total. The van der Waals surface area contributed by atoms with Crippen LogP contribution in [-0.4, -0.2) is 14.8 Å². The average Bonchev–Trinajstić information content (AvgIpc) is 2.84. The summed E-state index contributed by atoms with van der Waals surface area (Å²) in [5, 5.41) is 19.7. The number of anilines is 1. The van der Waals surface area contributed by atoms with Crippen LogP contribution >= 0.6 is 11.3 Å². The van der Waals surface area contributed by atoms with E-state index in [1.807, 2.05) is 33.2 Å². The summed E-state index contributed by atoms with van der Waals surface area (Å²) in [7, 11) is 1.83. The Morgan fingerprint density at radius 2 is 2.22 bits per heavy atom. The summed E-state index contributed by atoms with van der Waals surface area (Å²) in [4.78, 5) is 4.44. The van der Waals surface area contributed by atoms with Crippen LogP contribution in [0.3, 0.4) is 0 Å². The molecule has 0 aliphatic rings. The fourth-order valence-corrected chi connectivity index (χ4v) is 2.60. The van der Waals surface area contributed by atoms with E-state index in [2.05, 4.69) is 21.5 Å². The van der Waals surface area contributed by atoms with Gasteiger partial charge in [0.2, 0.25) is 0 Å². The van der Waals surface area contributed by atoms with Gasteiger partial charge in [-0.15, -0.1) is 11.3 Å². The van der Waals surface area contributed by atoms with E-state index in [1.165, 1.54) is 0 Å².